The Bertz CT molecular complexity index is 951. The van der Waals surface area contributed by atoms with Gasteiger partial charge in [0.25, 0.3) is 0 Å². The van der Waals surface area contributed by atoms with Crippen molar-refractivity contribution < 1.29 is 24.5 Å². The molecule has 0 aromatic carbocycles. The number of carbonyl (C=O) groups is 2. The molecule has 6 nitrogen and oxygen atoms in total. The summed E-state index contributed by atoms with van der Waals surface area (Å²) in [5.41, 5.74) is 0. The van der Waals surface area contributed by atoms with E-state index in [4.69, 9.17) is 4.74 Å². The van der Waals surface area contributed by atoms with Crippen LogP contribution < -0.4 is 5.32 Å². The summed E-state index contributed by atoms with van der Waals surface area (Å²) >= 11 is 0. The minimum absolute atomic E-state index is 0.0304. The molecule has 61 heavy (non-hydrogen) atoms. The molecular weight excluding hydrogens is 755 g/mol. The number of aliphatic hydroxyl groups is 2. The van der Waals surface area contributed by atoms with Gasteiger partial charge in [0.05, 0.1) is 25.4 Å². The van der Waals surface area contributed by atoms with Crippen LogP contribution in [0.15, 0.2) is 24.3 Å². The second-order valence-electron chi connectivity index (χ2n) is 18.6. The first kappa shape index (κ1) is 59.3. The summed E-state index contributed by atoms with van der Waals surface area (Å²) in [7, 11) is 0. The van der Waals surface area contributed by atoms with Crippen LogP contribution in [0.5, 0.6) is 0 Å². The van der Waals surface area contributed by atoms with Crippen LogP contribution in [0.3, 0.4) is 0 Å². The number of amides is 1. The van der Waals surface area contributed by atoms with Gasteiger partial charge in [0.1, 0.15) is 0 Å². The molecule has 0 heterocycles. The Hall–Kier alpha value is -1.66. The Labute approximate surface area is 380 Å². The molecule has 0 rings (SSSR count). The van der Waals surface area contributed by atoms with Crippen LogP contribution in [-0.4, -0.2) is 47.4 Å². The zero-order chi connectivity index (χ0) is 44.4. The van der Waals surface area contributed by atoms with Gasteiger partial charge in [-0.25, -0.2) is 0 Å². The lowest BCUT2D eigenvalue weighted by atomic mass is 10.0. The molecule has 0 aliphatic heterocycles. The first-order valence-electron chi connectivity index (χ1n) is 27.1. The maximum absolute atomic E-state index is 12.5. The number of aliphatic hydroxyl groups excluding tert-OH is 2. The second kappa shape index (κ2) is 51.0. The summed E-state index contributed by atoms with van der Waals surface area (Å²) in [5.74, 6) is -0.0903. The number of hydrogen-bond acceptors (Lipinski definition) is 5. The number of allylic oxidation sites excluding steroid dienone is 4. The lowest BCUT2D eigenvalue weighted by Crippen LogP contribution is -2.45. The number of carbonyl (C=O) groups excluding carboxylic acids is 2. The van der Waals surface area contributed by atoms with Crippen LogP contribution in [0.1, 0.15) is 290 Å². The highest BCUT2D eigenvalue weighted by atomic mass is 16.5. The Morgan fingerprint density at radius 3 is 1.16 bits per heavy atom. The summed E-state index contributed by atoms with van der Waals surface area (Å²) in [4.78, 5) is 24.5. The SMILES string of the molecule is CCCCCCCC/C=C\CCCCCCCC(=O)OCCCCC/C=C\CCCCCCCC(=O)NC(CO)C(O)CCCCCCCCCCCCCCCCCCC. The van der Waals surface area contributed by atoms with Crippen molar-refractivity contribution in [2.75, 3.05) is 13.2 Å². The number of hydrogen-bond donors (Lipinski definition) is 3. The third kappa shape index (κ3) is 47.7. The number of rotatable bonds is 50. The van der Waals surface area contributed by atoms with Crippen LogP contribution in [0.25, 0.3) is 0 Å². The van der Waals surface area contributed by atoms with Gasteiger partial charge in [0.15, 0.2) is 0 Å². The van der Waals surface area contributed by atoms with Gasteiger partial charge in [0.2, 0.25) is 5.91 Å². The van der Waals surface area contributed by atoms with Crippen molar-refractivity contribution in [1.82, 2.24) is 5.32 Å². The molecule has 1 amide bonds. The minimum Gasteiger partial charge on any atom is -0.466 e. The Balaban J connectivity index is 3.51. The van der Waals surface area contributed by atoms with Gasteiger partial charge in [-0.3, -0.25) is 9.59 Å². The lowest BCUT2D eigenvalue weighted by Gasteiger charge is -2.22. The van der Waals surface area contributed by atoms with E-state index in [1.54, 1.807) is 0 Å². The molecule has 0 saturated carbocycles. The van der Waals surface area contributed by atoms with Crippen LogP contribution in [0.2, 0.25) is 0 Å². The van der Waals surface area contributed by atoms with Gasteiger partial charge in [0, 0.05) is 12.8 Å². The van der Waals surface area contributed by atoms with E-state index >= 15 is 0 Å². The zero-order valence-corrected chi connectivity index (χ0v) is 40.9. The highest BCUT2D eigenvalue weighted by Gasteiger charge is 2.20. The maximum atomic E-state index is 12.5. The van der Waals surface area contributed by atoms with E-state index in [0.717, 1.165) is 77.0 Å². The monoisotopic (exact) mass is 860 g/mol. The van der Waals surface area contributed by atoms with E-state index in [1.807, 2.05) is 0 Å². The Kier molecular flexibility index (Phi) is 49.6. The number of ether oxygens (including phenoxy) is 1. The number of esters is 1. The van der Waals surface area contributed by atoms with Crippen molar-refractivity contribution in [3.63, 3.8) is 0 Å². The smallest absolute Gasteiger partial charge is 0.305 e. The summed E-state index contributed by atoms with van der Waals surface area (Å²) in [6.45, 7) is 4.89. The first-order chi connectivity index (χ1) is 30.0. The molecule has 2 atom stereocenters. The van der Waals surface area contributed by atoms with E-state index in [9.17, 15) is 19.8 Å². The predicted molar refractivity (Wildman–Crippen MR) is 264 cm³/mol. The van der Waals surface area contributed by atoms with Crippen molar-refractivity contribution in [2.24, 2.45) is 0 Å². The molecule has 0 fully saturated rings. The molecule has 0 aromatic heterocycles. The van der Waals surface area contributed by atoms with Crippen molar-refractivity contribution in [3.05, 3.63) is 24.3 Å². The summed E-state index contributed by atoms with van der Waals surface area (Å²) in [6.07, 6.45) is 60.1. The van der Waals surface area contributed by atoms with Crippen molar-refractivity contribution in [2.45, 2.75) is 302 Å². The van der Waals surface area contributed by atoms with Gasteiger partial charge in [-0.1, -0.05) is 218 Å². The molecular formula is C55H105NO5. The minimum atomic E-state index is -0.681. The Morgan fingerprint density at radius 2 is 0.770 bits per heavy atom. The van der Waals surface area contributed by atoms with Crippen LogP contribution in [0.4, 0.5) is 0 Å². The standard InChI is InChI=1S/C55H105NO5/c1-3-5-7-9-11-13-15-17-19-20-22-23-27-31-35-39-43-47-53(58)52(51-57)56-54(59)48-44-40-36-32-28-25-26-30-34-38-42-46-50-61-55(60)49-45-41-37-33-29-24-21-18-16-14-12-10-8-6-4-2/h18,21,26,30,52-53,57-58H,3-17,19-20,22-25,27-29,31-51H2,1-2H3,(H,56,59)/b21-18-,30-26-. The highest BCUT2D eigenvalue weighted by Crippen LogP contribution is 2.16. The quantitative estimate of drug-likeness (QED) is 0.0322. The van der Waals surface area contributed by atoms with Crippen molar-refractivity contribution in [3.8, 4) is 0 Å². The molecule has 0 spiro atoms. The molecule has 2 unspecified atom stereocenters. The summed E-state index contributed by atoms with van der Waals surface area (Å²) in [6, 6.07) is -0.560. The molecule has 0 aliphatic rings. The third-order valence-electron chi connectivity index (χ3n) is 12.5. The lowest BCUT2D eigenvalue weighted by molar-refractivity contribution is -0.143. The summed E-state index contributed by atoms with van der Waals surface area (Å²) < 4.78 is 5.44. The molecule has 0 bridgehead atoms. The third-order valence-corrected chi connectivity index (χ3v) is 12.5. The normalized spacial score (nSPS) is 12.8. The van der Waals surface area contributed by atoms with Gasteiger partial charge in [-0.15, -0.1) is 0 Å². The van der Waals surface area contributed by atoms with E-state index in [0.29, 0.717) is 25.9 Å². The number of unbranched alkanes of at least 4 members (excludes halogenated alkanes) is 35. The average Bonchev–Trinajstić information content (AvgIpc) is 3.26. The molecule has 0 aliphatic carbocycles. The topological polar surface area (TPSA) is 95.9 Å². The van der Waals surface area contributed by atoms with Crippen LogP contribution in [0, 0.1) is 0 Å². The van der Waals surface area contributed by atoms with E-state index in [-0.39, 0.29) is 18.5 Å². The predicted octanol–water partition coefficient (Wildman–Crippen LogP) is 16.3. The molecule has 360 valence electrons. The van der Waals surface area contributed by atoms with Crippen molar-refractivity contribution in [1.29, 1.82) is 0 Å². The Morgan fingerprint density at radius 1 is 0.443 bits per heavy atom. The van der Waals surface area contributed by atoms with E-state index in [1.165, 1.54) is 180 Å². The fourth-order valence-electron chi connectivity index (χ4n) is 8.28. The second-order valence-corrected chi connectivity index (χ2v) is 18.6. The fraction of sp³-hybridized carbons (Fsp3) is 0.891. The molecule has 3 N–H and O–H groups in total. The van der Waals surface area contributed by atoms with Crippen LogP contribution >= 0.6 is 0 Å². The highest BCUT2D eigenvalue weighted by molar-refractivity contribution is 5.76. The van der Waals surface area contributed by atoms with Gasteiger partial charge < -0.3 is 20.3 Å². The molecule has 0 aromatic rings. The largest absolute Gasteiger partial charge is 0.466 e. The maximum Gasteiger partial charge on any atom is 0.305 e. The first-order valence-corrected chi connectivity index (χ1v) is 27.1. The molecule has 0 radical (unpaired) electrons. The molecule has 0 saturated heterocycles. The van der Waals surface area contributed by atoms with Crippen LogP contribution in [-0.2, 0) is 14.3 Å². The van der Waals surface area contributed by atoms with E-state index < -0.39 is 12.1 Å². The average molecular weight is 860 g/mol. The van der Waals surface area contributed by atoms with E-state index in [2.05, 4.69) is 43.5 Å². The van der Waals surface area contributed by atoms with Gasteiger partial charge in [-0.05, 0) is 83.5 Å². The van der Waals surface area contributed by atoms with Gasteiger partial charge in [-0.2, -0.15) is 0 Å². The van der Waals surface area contributed by atoms with Gasteiger partial charge >= 0.3 is 5.97 Å². The number of nitrogens with one attached hydrogen (secondary N) is 1. The summed E-state index contributed by atoms with van der Waals surface area (Å²) in [5, 5.41) is 23.2. The fourth-order valence-corrected chi connectivity index (χ4v) is 8.28. The van der Waals surface area contributed by atoms with Crippen molar-refractivity contribution >= 4 is 11.9 Å². The molecule has 6 heteroatoms. The zero-order valence-electron chi connectivity index (χ0n) is 40.9.